The Hall–Kier alpha value is -3.36. The maximum Gasteiger partial charge on any atom is 0.318 e. The lowest BCUT2D eigenvalue weighted by Gasteiger charge is -2.43. The molecule has 1 unspecified atom stereocenters. The Morgan fingerprint density at radius 3 is 2.73 bits per heavy atom. The van der Waals surface area contributed by atoms with E-state index >= 15 is 0 Å². The minimum Gasteiger partial charge on any atom is -0.461 e. The molecule has 1 spiro atoms. The number of benzene rings is 1. The van der Waals surface area contributed by atoms with Crippen LogP contribution >= 0.6 is 11.6 Å². The van der Waals surface area contributed by atoms with Gasteiger partial charge in [0.2, 0.25) is 0 Å². The lowest BCUT2D eigenvalue weighted by molar-refractivity contribution is -0.131. The highest BCUT2D eigenvalue weighted by Gasteiger charge is 2.57. The van der Waals surface area contributed by atoms with Gasteiger partial charge in [0.05, 0.1) is 36.3 Å². The van der Waals surface area contributed by atoms with E-state index in [1.807, 2.05) is 21.9 Å². The van der Waals surface area contributed by atoms with E-state index in [1.165, 1.54) is 16.0 Å². The summed E-state index contributed by atoms with van der Waals surface area (Å²) in [6.07, 6.45) is 5.36. The average Bonchev–Trinajstić information content (AvgIpc) is 3.63. The highest BCUT2D eigenvalue weighted by molar-refractivity contribution is 6.31. The molecule has 1 aromatic heterocycles. The van der Waals surface area contributed by atoms with E-state index in [0.29, 0.717) is 38.2 Å². The van der Waals surface area contributed by atoms with Crippen molar-refractivity contribution >= 4 is 23.3 Å². The monoisotopic (exact) mass is 640 g/mol. The van der Waals surface area contributed by atoms with Gasteiger partial charge in [-0.2, -0.15) is 15.2 Å². The highest BCUT2D eigenvalue weighted by atomic mass is 35.5. The number of carbonyl (C=O) groups excluding carboxylic acids is 1. The van der Waals surface area contributed by atoms with Crippen molar-refractivity contribution in [1.29, 1.82) is 5.26 Å². The van der Waals surface area contributed by atoms with E-state index < -0.39 is 29.2 Å². The predicted octanol–water partition coefficient (Wildman–Crippen LogP) is 5.17. The van der Waals surface area contributed by atoms with Gasteiger partial charge < -0.3 is 14.5 Å². The summed E-state index contributed by atoms with van der Waals surface area (Å²) in [6, 6.07) is 7.81. The molecule has 3 fully saturated rings. The molecular formula is C33H36ClF3N6O2. The highest BCUT2D eigenvalue weighted by Crippen LogP contribution is 2.51. The van der Waals surface area contributed by atoms with Gasteiger partial charge in [-0.3, -0.25) is 9.69 Å². The molecule has 3 atom stereocenters. The SMILES string of the molecule is C=C(F)C(=O)N1CCN(c2nc(OCC34CCCN3CC(F)(F)C4)nc3c2CC[C@@]2(CCc4c(Cl)cccc42)C3)C[C@@H]1CC#N. The van der Waals surface area contributed by atoms with Gasteiger partial charge in [0, 0.05) is 42.1 Å². The van der Waals surface area contributed by atoms with Crippen LogP contribution in [-0.4, -0.2) is 82.5 Å². The summed E-state index contributed by atoms with van der Waals surface area (Å²) in [6.45, 7) is 4.45. The number of anilines is 1. The smallest absolute Gasteiger partial charge is 0.318 e. The van der Waals surface area contributed by atoms with Crippen LogP contribution < -0.4 is 9.64 Å². The second-order valence-corrected chi connectivity index (χ2v) is 13.8. The predicted molar refractivity (Wildman–Crippen MR) is 162 cm³/mol. The van der Waals surface area contributed by atoms with E-state index in [1.54, 1.807) is 0 Å². The molecule has 0 bridgehead atoms. The van der Waals surface area contributed by atoms with Crippen LogP contribution in [0.4, 0.5) is 19.0 Å². The lowest BCUT2D eigenvalue weighted by Crippen LogP contribution is -2.55. The van der Waals surface area contributed by atoms with Crippen molar-refractivity contribution in [2.24, 2.45) is 0 Å². The molecule has 3 aliphatic heterocycles. The fraction of sp³-hybridized carbons (Fsp3) is 0.576. The van der Waals surface area contributed by atoms with Crippen molar-refractivity contribution in [2.45, 2.75) is 80.7 Å². The Morgan fingerprint density at radius 1 is 1.16 bits per heavy atom. The molecule has 7 rings (SSSR count). The van der Waals surface area contributed by atoms with Crippen LogP contribution in [0.2, 0.25) is 5.02 Å². The molecule has 2 aromatic rings. The summed E-state index contributed by atoms with van der Waals surface area (Å²) in [5, 5.41) is 10.3. The van der Waals surface area contributed by atoms with Crippen LogP contribution in [0.3, 0.4) is 0 Å². The minimum absolute atomic E-state index is 0.0272. The molecule has 238 valence electrons. The zero-order chi connectivity index (χ0) is 31.6. The van der Waals surface area contributed by atoms with E-state index in [9.17, 15) is 23.2 Å². The number of amides is 1. The molecular weight excluding hydrogens is 605 g/mol. The standard InChI is InChI=1S/C33H36ClF3N6O2/c1-21(35)29(44)43-15-14-41(17-22(43)8-12-38)28-24-7-11-31(10-6-23-25(31)4-2-5-26(23)34)16-27(24)39-30(40-28)45-20-32-9-3-13-42(32)19-33(36,37)18-32/h2,4-5,22H,1,3,6-11,13-20H2/t22-,31-,32?/m0/s1. The number of carbonyl (C=O) groups is 1. The van der Waals surface area contributed by atoms with Gasteiger partial charge in [-0.1, -0.05) is 30.3 Å². The molecule has 4 heterocycles. The zero-order valence-electron chi connectivity index (χ0n) is 25.1. The third-order valence-corrected chi connectivity index (χ3v) is 11.1. The number of rotatable bonds is 6. The van der Waals surface area contributed by atoms with Crippen LogP contribution in [0.25, 0.3) is 0 Å². The maximum absolute atomic E-state index is 14.5. The Kier molecular flexibility index (Phi) is 7.52. The number of fused-ring (bicyclic) bond motifs is 4. The van der Waals surface area contributed by atoms with E-state index in [2.05, 4.69) is 18.7 Å². The first-order valence-electron chi connectivity index (χ1n) is 15.7. The van der Waals surface area contributed by atoms with Gasteiger partial charge in [0.25, 0.3) is 11.8 Å². The van der Waals surface area contributed by atoms with Crippen LogP contribution in [-0.2, 0) is 29.5 Å². The first-order chi connectivity index (χ1) is 21.5. The van der Waals surface area contributed by atoms with Crippen molar-refractivity contribution in [3.63, 3.8) is 0 Å². The number of aromatic nitrogens is 2. The lowest BCUT2D eigenvalue weighted by atomic mass is 9.69. The first kappa shape index (κ1) is 30.3. The van der Waals surface area contributed by atoms with Crippen molar-refractivity contribution in [2.75, 3.05) is 44.2 Å². The number of piperazine rings is 1. The number of nitriles is 1. The molecule has 0 saturated carbocycles. The van der Waals surface area contributed by atoms with E-state index in [0.717, 1.165) is 42.0 Å². The van der Waals surface area contributed by atoms with Gasteiger partial charge in [-0.05, 0) is 68.7 Å². The summed E-state index contributed by atoms with van der Waals surface area (Å²) in [5.74, 6) is -3.95. The summed E-state index contributed by atoms with van der Waals surface area (Å²) in [7, 11) is 0. The van der Waals surface area contributed by atoms with Crippen LogP contribution in [0.1, 0.15) is 60.9 Å². The molecule has 2 aliphatic carbocycles. The fourth-order valence-corrected chi connectivity index (χ4v) is 8.94. The molecule has 12 heteroatoms. The van der Waals surface area contributed by atoms with Gasteiger partial charge in [0.15, 0.2) is 5.83 Å². The minimum atomic E-state index is -2.76. The van der Waals surface area contributed by atoms with E-state index in [4.69, 9.17) is 26.3 Å². The van der Waals surface area contributed by atoms with Crippen LogP contribution in [0.5, 0.6) is 6.01 Å². The molecule has 3 saturated heterocycles. The van der Waals surface area contributed by atoms with E-state index in [-0.39, 0.29) is 50.5 Å². The second kappa shape index (κ2) is 11.2. The number of hydrogen-bond acceptors (Lipinski definition) is 7. The molecule has 0 radical (unpaired) electrons. The Labute approximate surface area is 265 Å². The molecule has 8 nitrogen and oxygen atoms in total. The quantitative estimate of drug-likeness (QED) is 0.403. The van der Waals surface area contributed by atoms with Crippen LogP contribution in [0.15, 0.2) is 30.6 Å². The van der Waals surface area contributed by atoms with Crippen molar-refractivity contribution in [3.05, 3.63) is 58.0 Å². The summed E-state index contributed by atoms with van der Waals surface area (Å²) >= 11 is 6.59. The number of halogens is 4. The fourth-order valence-electron chi connectivity index (χ4n) is 8.67. The largest absolute Gasteiger partial charge is 0.461 e. The number of nitrogens with zero attached hydrogens (tertiary/aromatic N) is 6. The van der Waals surface area contributed by atoms with Crippen molar-refractivity contribution in [1.82, 2.24) is 19.8 Å². The Bertz CT molecular complexity index is 1600. The van der Waals surface area contributed by atoms with Gasteiger partial charge in [-0.25, -0.2) is 13.2 Å². The van der Waals surface area contributed by atoms with Gasteiger partial charge >= 0.3 is 6.01 Å². The molecule has 0 N–H and O–H groups in total. The second-order valence-electron chi connectivity index (χ2n) is 13.4. The molecule has 5 aliphatic rings. The molecule has 45 heavy (non-hydrogen) atoms. The summed E-state index contributed by atoms with van der Waals surface area (Å²) < 4.78 is 49.1. The van der Waals surface area contributed by atoms with Crippen molar-refractivity contribution in [3.8, 4) is 12.1 Å². The number of alkyl halides is 2. The Balaban J connectivity index is 1.23. The molecule has 1 aromatic carbocycles. The van der Waals surface area contributed by atoms with Gasteiger partial charge in [0.1, 0.15) is 12.4 Å². The third kappa shape index (κ3) is 5.24. The zero-order valence-corrected chi connectivity index (χ0v) is 25.9. The topological polar surface area (TPSA) is 85.6 Å². The summed E-state index contributed by atoms with van der Waals surface area (Å²) in [4.78, 5) is 27.6. The van der Waals surface area contributed by atoms with Gasteiger partial charge in [-0.15, -0.1) is 0 Å². The number of hydrogen-bond donors (Lipinski definition) is 0. The van der Waals surface area contributed by atoms with Crippen molar-refractivity contribution < 1.29 is 22.7 Å². The number of ether oxygens (including phenoxy) is 1. The average molecular weight is 641 g/mol. The van der Waals surface area contributed by atoms with Crippen LogP contribution in [0, 0.1) is 11.3 Å². The normalized spacial score (nSPS) is 28.5. The maximum atomic E-state index is 14.5. The third-order valence-electron chi connectivity index (χ3n) is 10.8. The molecule has 1 amide bonds. The Morgan fingerprint density at radius 2 is 1.96 bits per heavy atom. The first-order valence-corrected chi connectivity index (χ1v) is 16.1. The summed E-state index contributed by atoms with van der Waals surface area (Å²) in [5.41, 5.74) is 3.42.